The second-order valence-corrected chi connectivity index (χ2v) is 6.12. The maximum atomic E-state index is 12.4. The molecule has 1 aliphatic carbocycles. The quantitative estimate of drug-likeness (QED) is 0.841. The summed E-state index contributed by atoms with van der Waals surface area (Å²) < 4.78 is 0. The SMILES string of the molecule is CC(Sc1ccccc1C(=O)N(C)C1CC1)C(=O)O. The molecular weight excluding hydrogens is 262 g/mol. The first-order valence-electron chi connectivity index (χ1n) is 6.26. The molecule has 0 saturated heterocycles. The van der Waals surface area contributed by atoms with E-state index >= 15 is 0 Å². The fourth-order valence-electron chi connectivity index (χ4n) is 1.80. The molecule has 102 valence electrons. The minimum absolute atomic E-state index is 0.0248. The molecule has 0 radical (unpaired) electrons. The van der Waals surface area contributed by atoms with Crippen LogP contribution in [0, 0.1) is 0 Å². The average Bonchev–Trinajstić information content (AvgIpc) is 3.22. The summed E-state index contributed by atoms with van der Waals surface area (Å²) in [6, 6.07) is 7.55. The van der Waals surface area contributed by atoms with E-state index in [9.17, 15) is 9.59 Å². The normalized spacial score (nSPS) is 15.9. The van der Waals surface area contributed by atoms with Crippen LogP contribution in [0.2, 0.25) is 0 Å². The molecule has 1 aromatic carbocycles. The van der Waals surface area contributed by atoms with E-state index < -0.39 is 11.2 Å². The van der Waals surface area contributed by atoms with Gasteiger partial charge in [-0.2, -0.15) is 0 Å². The molecule has 1 N–H and O–H groups in total. The minimum Gasteiger partial charge on any atom is -0.480 e. The first kappa shape index (κ1) is 13.9. The summed E-state index contributed by atoms with van der Waals surface area (Å²) in [7, 11) is 1.81. The molecule has 1 atom stereocenters. The summed E-state index contributed by atoms with van der Waals surface area (Å²) in [5, 5.41) is 8.39. The van der Waals surface area contributed by atoms with Crippen molar-refractivity contribution in [1.82, 2.24) is 4.90 Å². The van der Waals surface area contributed by atoms with Crippen LogP contribution in [0.3, 0.4) is 0 Å². The van der Waals surface area contributed by atoms with Crippen LogP contribution in [-0.4, -0.2) is 40.2 Å². The number of aliphatic carboxylic acids is 1. The fourth-order valence-corrected chi connectivity index (χ4v) is 2.73. The Morgan fingerprint density at radius 1 is 1.37 bits per heavy atom. The molecular formula is C14H17NO3S. The average molecular weight is 279 g/mol. The number of nitrogens with zero attached hydrogens (tertiary/aromatic N) is 1. The number of benzene rings is 1. The summed E-state index contributed by atoms with van der Waals surface area (Å²) >= 11 is 1.21. The molecule has 0 aliphatic heterocycles. The lowest BCUT2D eigenvalue weighted by Gasteiger charge is -2.18. The third-order valence-corrected chi connectivity index (χ3v) is 4.35. The van der Waals surface area contributed by atoms with Gasteiger partial charge in [0.2, 0.25) is 0 Å². The van der Waals surface area contributed by atoms with Crippen LogP contribution in [0.4, 0.5) is 0 Å². The number of carbonyl (C=O) groups is 2. The van der Waals surface area contributed by atoms with Gasteiger partial charge >= 0.3 is 5.97 Å². The monoisotopic (exact) mass is 279 g/mol. The second-order valence-electron chi connectivity index (χ2n) is 4.74. The van der Waals surface area contributed by atoms with Gasteiger partial charge < -0.3 is 10.0 Å². The second kappa shape index (κ2) is 5.65. The molecule has 0 bridgehead atoms. The van der Waals surface area contributed by atoms with E-state index in [1.807, 2.05) is 19.2 Å². The lowest BCUT2D eigenvalue weighted by Crippen LogP contribution is -2.29. The van der Waals surface area contributed by atoms with E-state index in [-0.39, 0.29) is 5.91 Å². The van der Waals surface area contributed by atoms with Crippen molar-refractivity contribution >= 4 is 23.6 Å². The van der Waals surface area contributed by atoms with Gasteiger partial charge in [-0.25, -0.2) is 0 Å². The molecule has 1 saturated carbocycles. The Morgan fingerprint density at radius 3 is 2.58 bits per heavy atom. The van der Waals surface area contributed by atoms with Gasteiger partial charge in [-0.1, -0.05) is 12.1 Å². The van der Waals surface area contributed by atoms with Crippen molar-refractivity contribution in [2.45, 2.75) is 36.0 Å². The van der Waals surface area contributed by atoms with Gasteiger partial charge in [0.15, 0.2) is 0 Å². The maximum absolute atomic E-state index is 12.4. The number of carboxylic acids is 1. The molecule has 19 heavy (non-hydrogen) atoms. The Kier molecular flexibility index (Phi) is 4.14. The van der Waals surface area contributed by atoms with Crippen molar-refractivity contribution in [2.24, 2.45) is 0 Å². The van der Waals surface area contributed by atoms with E-state index in [0.29, 0.717) is 11.6 Å². The molecule has 0 heterocycles. The molecule has 1 unspecified atom stereocenters. The van der Waals surface area contributed by atoms with Gasteiger partial charge in [0.25, 0.3) is 5.91 Å². The Morgan fingerprint density at radius 2 is 2.00 bits per heavy atom. The highest BCUT2D eigenvalue weighted by atomic mass is 32.2. The first-order valence-corrected chi connectivity index (χ1v) is 7.14. The number of carbonyl (C=O) groups excluding carboxylic acids is 1. The molecule has 1 aliphatic rings. The third kappa shape index (κ3) is 3.29. The van der Waals surface area contributed by atoms with Crippen LogP contribution in [0.15, 0.2) is 29.2 Å². The van der Waals surface area contributed by atoms with Gasteiger partial charge in [-0.15, -0.1) is 11.8 Å². The van der Waals surface area contributed by atoms with Crippen LogP contribution in [0.25, 0.3) is 0 Å². The predicted molar refractivity (Wildman–Crippen MR) is 74.5 cm³/mol. The van der Waals surface area contributed by atoms with Crippen molar-refractivity contribution in [3.63, 3.8) is 0 Å². The Hall–Kier alpha value is -1.49. The highest BCUT2D eigenvalue weighted by Crippen LogP contribution is 2.31. The molecule has 5 heteroatoms. The predicted octanol–water partition coefficient (Wildman–Crippen LogP) is 2.49. The number of thioether (sulfide) groups is 1. The zero-order valence-electron chi connectivity index (χ0n) is 11.0. The van der Waals surface area contributed by atoms with Crippen LogP contribution in [0.5, 0.6) is 0 Å². The Labute approximate surface area is 116 Å². The minimum atomic E-state index is -0.872. The van der Waals surface area contributed by atoms with Crippen molar-refractivity contribution in [3.05, 3.63) is 29.8 Å². The largest absolute Gasteiger partial charge is 0.480 e. The Bertz CT molecular complexity index is 499. The summed E-state index contributed by atoms with van der Waals surface area (Å²) in [5.74, 6) is -0.897. The highest BCUT2D eigenvalue weighted by molar-refractivity contribution is 8.00. The lowest BCUT2D eigenvalue weighted by atomic mass is 10.2. The van der Waals surface area contributed by atoms with Gasteiger partial charge in [0.1, 0.15) is 5.25 Å². The van der Waals surface area contributed by atoms with Crippen LogP contribution >= 0.6 is 11.8 Å². The molecule has 0 aromatic heterocycles. The smallest absolute Gasteiger partial charge is 0.316 e. The van der Waals surface area contributed by atoms with Crippen molar-refractivity contribution < 1.29 is 14.7 Å². The molecule has 4 nitrogen and oxygen atoms in total. The van der Waals surface area contributed by atoms with Crippen molar-refractivity contribution in [2.75, 3.05) is 7.05 Å². The number of hydrogen-bond donors (Lipinski definition) is 1. The summed E-state index contributed by atoms with van der Waals surface area (Å²) in [6.07, 6.45) is 2.12. The zero-order valence-corrected chi connectivity index (χ0v) is 11.8. The molecule has 1 amide bonds. The van der Waals surface area contributed by atoms with Crippen LogP contribution < -0.4 is 0 Å². The van der Waals surface area contributed by atoms with Crippen molar-refractivity contribution in [3.8, 4) is 0 Å². The Balaban J connectivity index is 2.20. The van der Waals surface area contributed by atoms with Crippen LogP contribution in [-0.2, 0) is 4.79 Å². The lowest BCUT2D eigenvalue weighted by molar-refractivity contribution is -0.136. The van der Waals surface area contributed by atoms with E-state index in [2.05, 4.69) is 0 Å². The zero-order chi connectivity index (χ0) is 14.0. The van der Waals surface area contributed by atoms with E-state index in [1.165, 1.54) is 11.8 Å². The van der Waals surface area contributed by atoms with Crippen molar-refractivity contribution in [1.29, 1.82) is 0 Å². The molecule has 2 rings (SSSR count). The van der Waals surface area contributed by atoms with Gasteiger partial charge in [-0.05, 0) is 31.9 Å². The fraction of sp³-hybridized carbons (Fsp3) is 0.429. The highest BCUT2D eigenvalue weighted by Gasteiger charge is 2.31. The number of carboxylic acid groups (broad SMARTS) is 1. The van der Waals surface area contributed by atoms with Gasteiger partial charge in [0, 0.05) is 18.0 Å². The topological polar surface area (TPSA) is 57.6 Å². The number of rotatable bonds is 5. The van der Waals surface area contributed by atoms with Gasteiger partial charge in [-0.3, -0.25) is 9.59 Å². The van der Waals surface area contributed by atoms with E-state index in [4.69, 9.17) is 5.11 Å². The molecule has 1 aromatic rings. The summed E-state index contributed by atoms with van der Waals surface area (Å²) in [4.78, 5) is 25.8. The number of hydrogen-bond acceptors (Lipinski definition) is 3. The standard InChI is InChI=1S/C14H17NO3S/c1-9(14(17)18)19-12-6-4-3-5-11(12)13(16)15(2)10-7-8-10/h3-6,9-10H,7-8H2,1-2H3,(H,17,18). The molecule has 1 fully saturated rings. The van der Waals surface area contributed by atoms with E-state index in [0.717, 1.165) is 17.7 Å². The maximum Gasteiger partial charge on any atom is 0.316 e. The van der Waals surface area contributed by atoms with Gasteiger partial charge in [0.05, 0.1) is 5.56 Å². The summed E-state index contributed by atoms with van der Waals surface area (Å²) in [5.41, 5.74) is 0.593. The number of amides is 1. The molecule has 0 spiro atoms. The first-order chi connectivity index (χ1) is 9.00. The summed E-state index contributed by atoms with van der Waals surface area (Å²) in [6.45, 7) is 1.62. The van der Waals surface area contributed by atoms with E-state index in [1.54, 1.807) is 24.0 Å². The van der Waals surface area contributed by atoms with Crippen LogP contribution in [0.1, 0.15) is 30.1 Å². The third-order valence-electron chi connectivity index (χ3n) is 3.18.